The Balaban J connectivity index is 1.40. The molecule has 2 nitrogen and oxygen atoms in total. The van der Waals surface area contributed by atoms with Crippen LogP contribution in [-0.4, -0.2) is 17.7 Å². The summed E-state index contributed by atoms with van der Waals surface area (Å²) in [4.78, 5) is 4.71. The fourth-order valence-corrected chi connectivity index (χ4v) is 9.67. The molecule has 0 unspecified atom stereocenters. The van der Waals surface area contributed by atoms with Crippen LogP contribution in [-0.2, 0) is 0 Å². The molecule has 0 atom stereocenters. The Morgan fingerprint density at radius 3 is 0.920 bits per heavy atom. The van der Waals surface area contributed by atoms with Crippen molar-refractivity contribution in [3.63, 3.8) is 0 Å². The highest BCUT2D eigenvalue weighted by molar-refractivity contribution is 7.01. The van der Waals surface area contributed by atoms with E-state index in [0.717, 1.165) is 34.1 Å². The van der Waals surface area contributed by atoms with Gasteiger partial charge in [0.05, 0.1) is 0 Å². The Morgan fingerprint density at radius 2 is 0.620 bits per heavy atom. The summed E-state index contributed by atoms with van der Waals surface area (Å²) >= 11 is 13.6. The Kier molecular flexibility index (Phi) is 8.02. The van der Waals surface area contributed by atoms with Crippen LogP contribution in [0.15, 0.2) is 170 Å². The topological polar surface area (TPSA) is 6.48 Å². The quantitative estimate of drug-likeness (QED) is 0.0669. The average Bonchev–Trinajstić information content (AvgIpc) is 3.18. The van der Waals surface area contributed by atoms with E-state index < -0.39 is 17.7 Å². The molecular formula is C44H32Cl2N2Si2. The van der Waals surface area contributed by atoms with E-state index in [9.17, 15) is 0 Å². The van der Waals surface area contributed by atoms with Crippen LogP contribution in [0.3, 0.4) is 0 Å². The molecule has 0 radical (unpaired) electrons. The van der Waals surface area contributed by atoms with Crippen molar-refractivity contribution in [3.8, 4) is 0 Å². The zero-order chi connectivity index (χ0) is 33.6. The first-order valence-corrected chi connectivity index (χ1v) is 22.5. The van der Waals surface area contributed by atoms with Gasteiger partial charge in [0.2, 0.25) is 0 Å². The van der Waals surface area contributed by atoms with Gasteiger partial charge in [-0.3, -0.25) is 0 Å². The minimum absolute atomic E-state index is 0.974. The van der Waals surface area contributed by atoms with Crippen molar-refractivity contribution >= 4 is 127 Å². The highest BCUT2D eigenvalue weighted by Gasteiger charge is 2.22. The van der Waals surface area contributed by atoms with Gasteiger partial charge >= 0.3 is 0 Å². The van der Waals surface area contributed by atoms with Crippen LogP contribution in [0.2, 0.25) is 0 Å². The molecule has 240 valence electrons. The fourth-order valence-electron chi connectivity index (χ4n) is 7.59. The second-order valence-electron chi connectivity index (χ2n) is 12.7. The van der Waals surface area contributed by atoms with Gasteiger partial charge in [0, 0.05) is 34.1 Å². The zero-order valence-electron chi connectivity index (χ0n) is 27.2. The molecule has 0 saturated carbocycles. The highest BCUT2D eigenvalue weighted by atomic mass is 35.6. The van der Waals surface area contributed by atoms with Crippen LogP contribution >= 0.6 is 22.2 Å². The van der Waals surface area contributed by atoms with Crippen molar-refractivity contribution in [2.24, 2.45) is 0 Å². The van der Waals surface area contributed by atoms with E-state index in [-0.39, 0.29) is 0 Å². The van der Waals surface area contributed by atoms with E-state index in [1.165, 1.54) is 53.5 Å². The normalized spacial score (nSPS) is 12.0. The molecule has 9 aromatic carbocycles. The van der Waals surface area contributed by atoms with Crippen LogP contribution < -0.4 is 20.2 Å². The van der Waals surface area contributed by atoms with Crippen LogP contribution in [0.5, 0.6) is 0 Å². The highest BCUT2D eigenvalue weighted by Crippen LogP contribution is 2.46. The minimum Gasteiger partial charge on any atom is -0.310 e. The average molecular weight is 716 g/mol. The first-order chi connectivity index (χ1) is 24.7. The van der Waals surface area contributed by atoms with Crippen molar-refractivity contribution in [3.05, 3.63) is 170 Å². The lowest BCUT2D eigenvalue weighted by Crippen LogP contribution is -2.13. The van der Waals surface area contributed by atoms with Gasteiger partial charge in [-0.25, -0.2) is 0 Å². The fraction of sp³-hybridized carbons (Fsp3) is 0. The molecule has 0 amide bonds. The molecule has 0 saturated heterocycles. The smallest absolute Gasteiger partial charge is 0.155 e. The lowest BCUT2D eigenvalue weighted by molar-refractivity contribution is 1.29. The number of nitrogens with zero attached hydrogens (tertiary/aromatic N) is 2. The van der Waals surface area contributed by atoms with Gasteiger partial charge in [0.1, 0.15) is 0 Å². The summed E-state index contributed by atoms with van der Waals surface area (Å²) in [5, 5.41) is 12.4. The maximum Gasteiger partial charge on any atom is 0.155 e. The molecule has 9 rings (SSSR count). The molecule has 6 heteroatoms. The molecule has 0 N–H and O–H groups in total. The molecule has 0 heterocycles. The maximum absolute atomic E-state index is 6.80. The Labute approximate surface area is 305 Å². The summed E-state index contributed by atoms with van der Waals surface area (Å²) in [7, 11) is -1.95. The van der Waals surface area contributed by atoms with Gasteiger partial charge in [-0.2, -0.15) is 22.2 Å². The van der Waals surface area contributed by atoms with Crippen LogP contribution in [0, 0.1) is 0 Å². The van der Waals surface area contributed by atoms with E-state index in [1.54, 1.807) is 0 Å². The molecule has 0 fully saturated rings. The molecular weight excluding hydrogens is 684 g/mol. The summed E-state index contributed by atoms with van der Waals surface area (Å²) in [5.74, 6) is 0. The van der Waals surface area contributed by atoms with Gasteiger partial charge in [-0.15, -0.1) is 0 Å². The van der Waals surface area contributed by atoms with Crippen LogP contribution in [0.4, 0.5) is 34.1 Å². The number of anilines is 6. The number of para-hydroxylation sites is 4. The van der Waals surface area contributed by atoms with Gasteiger partial charge < -0.3 is 9.80 Å². The molecule has 50 heavy (non-hydrogen) atoms. The SMILES string of the molecule is Cl[SiH2]c1cc2cc(N(c3ccccc3)c3ccccc3)cc3c4cc([SiH2]Cl)cc5cc(N(c6ccccc6)c6ccccc6)cc(c(c1)c23)c54. The van der Waals surface area contributed by atoms with Crippen molar-refractivity contribution in [1.29, 1.82) is 0 Å². The van der Waals surface area contributed by atoms with Gasteiger partial charge in [0.15, 0.2) is 17.7 Å². The second-order valence-corrected chi connectivity index (χ2v) is 16.5. The van der Waals surface area contributed by atoms with E-state index in [0.29, 0.717) is 0 Å². The van der Waals surface area contributed by atoms with Crippen molar-refractivity contribution in [2.45, 2.75) is 0 Å². The zero-order valence-corrected chi connectivity index (χ0v) is 31.6. The first kappa shape index (κ1) is 30.9. The number of hydrogen-bond acceptors (Lipinski definition) is 2. The minimum atomic E-state index is -0.974. The van der Waals surface area contributed by atoms with E-state index >= 15 is 0 Å². The van der Waals surface area contributed by atoms with E-state index in [1.807, 2.05) is 0 Å². The Bertz CT molecular complexity index is 2360. The number of halogens is 2. The van der Waals surface area contributed by atoms with Crippen LogP contribution in [0.1, 0.15) is 0 Å². The summed E-state index contributed by atoms with van der Waals surface area (Å²) < 4.78 is 0. The predicted octanol–water partition coefficient (Wildman–Crippen LogP) is 10.6. The Morgan fingerprint density at radius 1 is 0.320 bits per heavy atom. The third kappa shape index (κ3) is 5.33. The number of fused-ring (bicyclic) bond motifs is 2. The largest absolute Gasteiger partial charge is 0.310 e. The summed E-state index contributed by atoms with van der Waals surface area (Å²) in [6.07, 6.45) is 0. The number of rotatable bonds is 8. The molecule has 0 aliphatic rings. The van der Waals surface area contributed by atoms with E-state index in [4.69, 9.17) is 22.2 Å². The van der Waals surface area contributed by atoms with Gasteiger partial charge in [-0.05, 0) is 126 Å². The molecule has 0 aliphatic heterocycles. The third-order valence-electron chi connectivity index (χ3n) is 9.65. The Hall–Kier alpha value is -5.11. The lowest BCUT2D eigenvalue weighted by atomic mass is 9.88. The maximum atomic E-state index is 6.80. The molecule has 0 bridgehead atoms. The van der Waals surface area contributed by atoms with Gasteiger partial charge in [-0.1, -0.05) is 97.1 Å². The van der Waals surface area contributed by atoms with Crippen molar-refractivity contribution in [2.75, 3.05) is 9.80 Å². The lowest BCUT2D eigenvalue weighted by Gasteiger charge is -2.28. The number of benzene rings is 9. The summed E-state index contributed by atoms with van der Waals surface area (Å²) in [6.45, 7) is 0. The third-order valence-corrected chi connectivity index (χ3v) is 12.9. The predicted molar refractivity (Wildman–Crippen MR) is 225 cm³/mol. The summed E-state index contributed by atoms with van der Waals surface area (Å²) in [5.41, 5.74) is 6.69. The van der Waals surface area contributed by atoms with Crippen LogP contribution in [0.25, 0.3) is 43.1 Å². The van der Waals surface area contributed by atoms with Crippen molar-refractivity contribution in [1.82, 2.24) is 0 Å². The molecule has 0 aliphatic carbocycles. The first-order valence-electron chi connectivity index (χ1n) is 16.8. The summed E-state index contributed by atoms with van der Waals surface area (Å²) in [6, 6.07) is 61.3. The van der Waals surface area contributed by atoms with E-state index in [2.05, 4.69) is 180 Å². The molecule has 0 spiro atoms. The monoisotopic (exact) mass is 714 g/mol. The molecule has 9 aromatic rings. The molecule has 0 aromatic heterocycles. The van der Waals surface area contributed by atoms with Crippen molar-refractivity contribution < 1.29 is 0 Å². The standard InChI is InChI=1S/C44H32Cl2N2Si2/c45-49-37-23-29-21-35(47(31-13-5-1-6-14-31)32-15-7-2-8-16-32)25-39-41-27-38(50-46)24-30-22-36(26-40(44(30)41)42(28-37)43(29)39)48(33-17-9-3-10-18-33)34-19-11-4-12-20-34/h1-28H,49-50H2. The number of hydrogen-bond donors (Lipinski definition) is 0. The second kappa shape index (κ2) is 13.0. The van der Waals surface area contributed by atoms with Gasteiger partial charge in [0.25, 0.3) is 0 Å².